The van der Waals surface area contributed by atoms with Crippen LogP contribution in [0.4, 0.5) is 0 Å². The summed E-state index contributed by atoms with van der Waals surface area (Å²) >= 11 is 0. The minimum Gasteiger partial charge on any atom is -0.481 e. The summed E-state index contributed by atoms with van der Waals surface area (Å²) in [6, 6.07) is 0. The lowest BCUT2D eigenvalue weighted by atomic mass is 9.34. The highest BCUT2D eigenvalue weighted by Gasteiger charge is 2.71. The standard InChI is InChI=1S/C33H46O7/c1-19(13-26(35)36)14-27(37)40-24-15-32(6)22-18-38-17-21(22)9-10-25(32)33(7)16-23(39-20(2)34)28-30(3,4)11-8-12-31(28,5)29(24)33/h14,17-18,23-25,28-29H,8-13,15-16H2,1-7H3,(H,35,36)/t23-,24+,25+,28-,29+,31-,32+,33-/m0/s1. The zero-order valence-electron chi connectivity index (χ0n) is 25.2. The van der Waals surface area contributed by atoms with E-state index in [1.807, 2.05) is 12.5 Å². The first-order chi connectivity index (χ1) is 18.6. The Kier molecular flexibility index (Phi) is 7.07. The van der Waals surface area contributed by atoms with Crippen molar-refractivity contribution in [3.8, 4) is 0 Å². The molecule has 0 aliphatic heterocycles. The average molecular weight is 555 g/mol. The predicted octanol–water partition coefficient (Wildman–Crippen LogP) is 6.63. The number of furan rings is 1. The second-order valence-electron chi connectivity index (χ2n) is 14.7. The third-order valence-corrected chi connectivity index (χ3v) is 11.5. The second kappa shape index (κ2) is 9.77. The number of aliphatic carboxylic acids is 1. The van der Waals surface area contributed by atoms with Gasteiger partial charge in [-0.2, -0.15) is 0 Å². The van der Waals surface area contributed by atoms with Crippen molar-refractivity contribution in [1.82, 2.24) is 0 Å². The fourth-order valence-electron chi connectivity index (χ4n) is 10.8. The highest BCUT2D eigenvalue weighted by molar-refractivity contribution is 5.84. The number of ether oxygens (including phenoxy) is 2. The minimum atomic E-state index is -0.972. The van der Waals surface area contributed by atoms with Crippen LogP contribution in [0.1, 0.15) is 105 Å². The van der Waals surface area contributed by atoms with Gasteiger partial charge in [0.05, 0.1) is 18.9 Å². The Hall–Kier alpha value is -2.57. The lowest BCUT2D eigenvalue weighted by Gasteiger charge is -2.71. The van der Waals surface area contributed by atoms with Gasteiger partial charge in [-0.25, -0.2) is 4.79 Å². The number of fused-ring (bicyclic) bond motifs is 7. The van der Waals surface area contributed by atoms with E-state index in [0.29, 0.717) is 17.9 Å². The number of carboxylic acids is 1. The number of hydrogen-bond donors (Lipinski definition) is 1. The van der Waals surface area contributed by atoms with Crippen molar-refractivity contribution < 1.29 is 33.4 Å². The molecule has 3 fully saturated rings. The van der Waals surface area contributed by atoms with Crippen LogP contribution in [0.5, 0.6) is 0 Å². The Morgan fingerprint density at radius 1 is 0.975 bits per heavy atom. The number of aryl methyl sites for hydroxylation is 1. The Labute approximate surface area is 238 Å². The maximum Gasteiger partial charge on any atom is 0.330 e. The molecule has 7 heteroatoms. The van der Waals surface area contributed by atoms with E-state index in [1.54, 1.807) is 6.92 Å². The summed E-state index contributed by atoms with van der Waals surface area (Å²) in [6.07, 6.45) is 10.8. The lowest BCUT2D eigenvalue weighted by Crippen LogP contribution is -2.70. The average Bonchev–Trinajstić information content (AvgIpc) is 3.26. The fourth-order valence-corrected chi connectivity index (χ4v) is 10.8. The van der Waals surface area contributed by atoms with Crippen molar-refractivity contribution in [3.05, 3.63) is 35.3 Å². The first kappa shape index (κ1) is 28.9. The zero-order chi connectivity index (χ0) is 29.3. The van der Waals surface area contributed by atoms with Crippen LogP contribution < -0.4 is 0 Å². The van der Waals surface area contributed by atoms with Gasteiger partial charge < -0.3 is 19.0 Å². The molecule has 0 amide bonds. The van der Waals surface area contributed by atoms with E-state index in [2.05, 4.69) is 34.6 Å². The van der Waals surface area contributed by atoms with Crippen LogP contribution in [-0.4, -0.2) is 35.2 Å². The summed E-state index contributed by atoms with van der Waals surface area (Å²) in [5, 5.41) is 9.20. The first-order valence-electron chi connectivity index (χ1n) is 14.9. The van der Waals surface area contributed by atoms with E-state index in [9.17, 15) is 19.5 Å². The number of carbonyl (C=O) groups is 3. The van der Waals surface area contributed by atoms with Crippen molar-refractivity contribution in [3.63, 3.8) is 0 Å². The van der Waals surface area contributed by atoms with Crippen LogP contribution in [0, 0.1) is 34.0 Å². The number of carboxylic acid groups (broad SMARTS) is 1. The van der Waals surface area contributed by atoms with E-state index < -0.39 is 11.9 Å². The van der Waals surface area contributed by atoms with Gasteiger partial charge in [0, 0.05) is 30.3 Å². The van der Waals surface area contributed by atoms with E-state index >= 15 is 0 Å². The van der Waals surface area contributed by atoms with Gasteiger partial charge in [0.1, 0.15) is 12.2 Å². The summed E-state index contributed by atoms with van der Waals surface area (Å²) in [7, 11) is 0. The molecular weight excluding hydrogens is 508 g/mol. The highest BCUT2D eigenvalue weighted by atomic mass is 16.5. The predicted molar refractivity (Wildman–Crippen MR) is 149 cm³/mol. The highest BCUT2D eigenvalue weighted by Crippen LogP contribution is 2.73. The van der Waals surface area contributed by atoms with E-state index in [-0.39, 0.29) is 58.1 Å². The van der Waals surface area contributed by atoms with Crippen molar-refractivity contribution in [1.29, 1.82) is 0 Å². The largest absolute Gasteiger partial charge is 0.481 e. The van der Waals surface area contributed by atoms with Crippen molar-refractivity contribution in [2.24, 2.45) is 34.0 Å². The van der Waals surface area contributed by atoms with Crippen LogP contribution in [-0.2, 0) is 35.7 Å². The lowest BCUT2D eigenvalue weighted by molar-refractivity contribution is -0.260. The molecule has 3 saturated carbocycles. The van der Waals surface area contributed by atoms with Crippen LogP contribution in [0.3, 0.4) is 0 Å². The second-order valence-corrected chi connectivity index (χ2v) is 14.7. The summed E-state index contributed by atoms with van der Waals surface area (Å²) in [5.74, 6) is -1.18. The molecule has 0 radical (unpaired) electrons. The number of carbonyl (C=O) groups excluding carboxylic acids is 2. The molecule has 1 N–H and O–H groups in total. The number of hydrogen-bond acceptors (Lipinski definition) is 6. The Morgan fingerprint density at radius 2 is 1.68 bits per heavy atom. The maximum absolute atomic E-state index is 13.4. The van der Waals surface area contributed by atoms with Gasteiger partial charge in [-0.15, -0.1) is 0 Å². The summed E-state index contributed by atoms with van der Waals surface area (Å²) in [6.45, 7) is 14.8. The Bertz CT molecular complexity index is 1230. The molecular formula is C33H46O7. The third kappa shape index (κ3) is 4.52. The van der Waals surface area contributed by atoms with Crippen molar-refractivity contribution in [2.75, 3.05) is 0 Å². The molecule has 7 nitrogen and oxygen atoms in total. The van der Waals surface area contributed by atoms with Gasteiger partial charge in [-0.1, -0.05) is 46.6 Å². The summed E-state index contributed by atoms with van der Waals surface area (Å²) in [5.41, 5.74) is 2.11. The molecule has 8 atom stereocenters. The van der Waals surface area contributed by atoms with Crippen LogP contribution in [0.15, 0.2) is 28.6 Å². The molecule has 1 aromatic heterocycles. The Morgan fingerprint density at radius 3 is 2.35 bits per heavy atom. The van der Waals surface area contributed by atoms with Gasteiger partial charge in [0.15, 0.2) is 0 Å². The molecule has 40 heavy (non-hydrogen) atoms. The van der Waals surface area contributed by atoms with Crippen LogP contribution >= 0.6 is 0 Å². The molecule has 220 valence electrons. The SMILES string of the molecule is CC(=O)O[C@H]1C[C@]2(C)[C@H]([C@H](OC(=O)C=C(C)CC(=O)O)C[C@]3(C)c4cocc4CC[C@@H]23)[C@@]2(C)CCCC(C)(C)[C@H]12. The van der Waals surface area contributed by atoms with Gasteiger partial charge in [-0.3, -0.25) is 9.59 Å². The minimum absolute atomic E-state index is 0.0357. The number of rotatable bonds is 5. The molecule has 0 aromatic carbocycles. The van der Waals surface area contributed by atoms with Crippen molar-refractivity contribution >= 4 is 17.9 Å². The molecule has 1 aromatic rings. The number of esters is 2. The van der Waals surface area contributed by atoms with Gasteiger partial charge in [0.25, 0.3) is 0 Å². The fraction of sp³-hybridized carbons (Fsp3) is 0.727. The quantitative estimate of drug-likeness (QED) is 0.322. The third-order valence-electron chi connectivity index (χ3n) is 11.5. The molecule has 1 heterocycles. The molecule has 0 bridgehead atoms. The summed E-state index contributed by atoms with van der Waals surface area (Å²) in [4.78, 5) is 37.1. The smallest absolute Gasteiger partial charge is 0.330 e. The van der Waals surface area contributed by atoms with Crippen LogP contribution in [0.2, 0.25) is 0 Å². The monoisotopic (exact) mass is 554 g/mol. The van der Waals surface area contributed by atoms with E-state index in [1.165, 1.54) is 24.1 Å². The molecule has 0 unspecified atom stereocenters. The maximum atomic E-state index is 13.4. The molecule has 5 rings (SSSR count). The first-order valence-corrected chi connectivity index (χ1v) is 14.9. The molecule has 0 saturated heterocycles. The molecule has 4 aliphatic carbocycles. The van der Waals surface area contributed by atoms with Crippen LogP contribution in [0.25, 0.3) is 0 Å². The van der Waals surface area contributed by atoms with Gasteiger partial charge in [-0.05, 0) is 78.7 Å². The normalized spacial score (nSPS) is 40.1. The van der Waals surface area contributed by atoms with E-state index in [0.717, 1.165) is 38.5 Å². The van der Waals surface area contributed by atoms with Gasteiger partial charge in [0.2, 0.25) is 0 Å². The Balaban J connectivity index is 1.64. The zero-order valence-corrected chi connectivity index (χ0v) is 25.2. The molecule has 0 spiro atoms. The van der Waals surface area contributed by atoms with E-state index in [4.69, 9.17) is 13.9 Å². The van der Waals surface area contributed by atoms with Gasteiger partial charge >= 0.3 is 17.9 Å². The summed E-state index contributed by atoms with van der Waals surface area (Å²) < 4.78 is 18.4. The van der Waals surface area contributed by atoms with Crippen molar-refractivity contribution in [2.45, 2.75) is 117 Å². The topological polar surface area (TPSA) is 103 Å². The molecule has 4 aliphatic rings.